The highest BCUT2D eigenvalue weighted by molar-refractivity contribution is 9.10. The maximum Gasteiger partial charge on any atom is 0.337 e. The zero-order chi connectivity index (χ0) is 19.4. The third-order valence-corrected chi connectivity index (χ3v) is 4.33. The standard InChI is InChI=1S/C18H16BrN5O3/c1-27-18(26)12-4-8-14(9-5-12)21-17(25)15-16(20)24(23-22-15)10-11-2-6-13(19)7-3-11/h2-9H,10,20H2,1H3,(H,21,25). The molecule has 3 rings (SSSR count). The van der Waals surface area contributed by atoms with Gasteiger partial charge in [0.25, 0.3) is 5.91 Å². The number of hydrogen-bond donors (Lipinski definition) is 2. The van der Waals surface area contributed by atoms with Gasteiger partial charge in [0.05, 0.1) is 19.2 Å². The van der Waals surface area contributed by atoms with E-state index in [1.807, 2.05) is 24.3 Å². The van der Waals surface area contributed by atoms with Gasteiger partial charge in [0.2, 0.25) is 0 Å². The largest absolute Gasteiger partial charge is 0.465 e. The fraction of sp³-hybridized carbons (Fsp3) is 0.111. The molecule has 0 aliphatic heterocycles. The van der Waals surface area contributed by atoms with E-state index in [1.54, 1.807) is 24.3 Å². The van der Waals surface area contributed by atoms with E-state index >= 15 is 0 Å². The third kappa shape index (κ3) is 4.32. The number of nitrogen functional groups attached to an aromatic ring is 1. The van der Waals surface area contributed by atoms with Gasteiger partial charge in [-0.3, -0.25) is 4.79 Å². The Morgan fingerprint density at radius 3 is 2.44 bits per heavy atom. The minimum atomic E-state index is -0.486. The second-order valence-corrected chi connectivity index (χ2v) is 6.55. The summed E-state index contributed by atoms with van der Waals surface area (Å²) >= 11 is 3.38. The first kappa shape index (κ1) is 18.6. The number of nitrogens with two attached hydrogens (primary N) is 1. The van der Waals surface area contributed by atoms with E-state index in [2.05, 4.69) is 36.3 Å². The number of anilines is 2. The van der Waals surface area contributed by atoms with Crippen molar-refractivity contribution in [3.05, 3.63) is 69.8 Å². The first-order valence-corrected chi connectivity index (χ1v) is 8.70. The highest BCUT2D eigenvalue weighted by Crippen LogP contribution is 2.16. The number of benzene rings is 2. The van der Waals surface area contributed by atoms with Gasteiger partial charge in [-0.15, -0.1) is 5.10 Å². The van der Waals surface area contributed by atoms with E-state index in [9.17, 15) is 9.59 Å². The fourth-order valence-corrected chi connectivity index (χ4v) is 2.62. The minimum Gasteiger partial charge on any atom is -0.465 e. The summed E-state index contributed by atoms with van der Waals surface area (Å²) in [7, 11) is 1.30. The molecule has 1 heterocycles. The van der Waals surface area contributed by atoms with Gasteiger partial charge in [0, 0.05) is 10.2 Å². The average molecular weight is 430 g/mol. The maximum absolute atomic E-state index is 12.4. The van der Waals surface area contributed by atoms with Crippen LogP contribution in [0.25, 0.3) is 0 Å². The number of amides is 1. The quantitative estimate of drug-likeness (QED) is 0.602. The summed E-state index contributed by atoms with van der Waals surface area (Å²) in [5.74, 6) is -0.769. The summed E-state index contributed by atoms with van der Waals surface area (Å²) in [5, 5.41) is 10.5. The summed E-state index contributed by atoms with van der Waals surface area (Å²) < 4.78 is 7.06. The van der Waals surface area contributed by atoms with Crippen molar-refractivity contribution in [2.45, 2.75) is 6.54 Å². The van der Waals surface area contributed by atoms with Crippen LogP contribution in [0.1, 0.15) is 26.4 Å². The minimum absolute atomic E-state index is 0.0316. The number of hydrogen-bond acceptors (Lipinski definition) is 6. The van der Waals surface area contributed by atoms with Crippen LogP contribution in [0, 0.1) is 0 Å². The Morgan fingerprint density at radius 2 is 1.81 bits per heavy atom. The first-order valence-electron chi connectivity index (χ1n) is 7.91. The predicted octanol–water partition coefficient (Wildman–Crippen LogP) is 2.71. The number of nitrogens with zero attached hydrogens (tertiary/aromatic N) is 3. The number of esters is 1. The van der Waals surface area contributed by atoms with Crippen LogP contribution in [-0.4, -0.2) is 34.0 Å². The summed E-state index contributed by atoms with van der Waals surface area (Å²) in [6, 6.07) is 14.0. The Bertz CT molecular complexity index is 968. The molecule has 0 unspecified atom stereocenters. The molecule has 3 N–H and O–H groups in total. The van der Waals surface area contributed by atoms with Gasteiger partial charge in [-0.1, -0.05) is 33.3 Å². The van der Waals surface area contributed by atoms with Gasteiger partial charge in [0.15, 0.2) is 11.5 Å². The lowest BCUT2D eigenvalue weighted by atomic mass is 10.2. The van der Waals surface area contributed by atoms with Gasteiger partial charge in [0.1, 0.15) is 0 Å². The summed E-state index contributed by atoms with van der Waals surface area (Å²) in [4.78, 5) is 23.9. The van der Waals surface area contributed by atoms with Gasteiger partial charge >= 0.3 is 5.97 Å². The van der Waals surface area contributed by atoms with Crippen LogP contribution in [-0.2, 0) is 11.3 Å². The number of carbonyl (C=O) groups is 2. The average Bonchev–Trinajstić information content (AvgIpc) is 3.04. The van der Waals surface area contributed by atoms with Crippen LogP contribution in [0.5, 0.6) is 0 Å². The Balaban J connectivity index is 1.71. The Morgan fingerprint density at radius 1 is 1.15 bits per heavy atom. The van der Waals surface area contributed by atoms with E-state index in [4.69, 9.17) is 5.73 Å². The molecule has 0 radical (unpaired) electrons. The summed E-state index contributed by atoms with van der Waals surface area (Å²) in [5.41, 5.74) is 7.91. The van der Waals surface area contributed by atoms with Crippen molar-refractivity contribution in [2.24, 2.45) is 0 Å². The van der Waals surface area contributed by atoms with Crippen LogP contribution >= 0.6 is 15.9 Å². The number of halogens is 1. The van der Waals surface area contributed by atoms with E-state index in [0.29, 0.717) is 17.8 Å². The van der Waals surface area contributed by atoms with E-state index < -0.39 is 11.9 Å². The normalized spacial score (nSPS) is 10.4. The molecule has 0 bridgehead atoms. The van der Waals surface area contributed by atoms with Gasteiger partial charge in [-0.05, 0) is 42.0 Å². The monoisotopic (exact) mass is 429 g/mol. The van der Waals surface area contributed by atoms with Crippen molar-refractivity contribution < 1.29 is 14.3 Å². The van der Waals surface area contributed by atoms with Crippen molar-refractivity contribution in [3.63, 3.8) is 0 Å². The highest BCUT2D eigenvalue weighted by atomic mass is 79.9. The van der Waals surface area contributed by atoms with Crippen molar-refractivity contribution in [3.8, 4) is 0 Å². The lowest BCUT2D eigenvalue weighted by molar-refractivity contribution is 0.0600. The van der Waals surface area contributed by atoms with Crippen molar-refractivity contribution in [1.29, 1.82) is 0 Å². The molecule has 3 aromatic rings. The molecule has 138 valence electrons. The lowest BCUT2D eigenvalue weighted by Gasteiger charge is -2.06. The fourth-order valence-electron chi connectivity index (χ4n) is 2.36. The second kappa shape index (κ2) is 8.00. The molecule has 0 aliphatic rings. The number of nitrogens with one attached hydrogen (secondary N) is 1. The zero-order valence-electron chi connectivity index (χ0n) is 14.3. The summed E-state index contributed by atoms with van der Waals surface area (Å²) in [6.45, 7) is 0.396. The number of aromatic nitrogens is 3. The Kier molecular flexibility index (Phi) is 5.51. The first-order chi connectivity index (χ1) is 13.0. The molecule has 0 spiro atoms. The molecule has 0 saturated heterocycles. The second-order valence-electron chi connectivity index (χ2n) is 5.63. The number of rotatable bonds is 5. The molecular weight excluding hydrogens is 414 g/mol. The topological polar surface area (TPSA) is 112 Å². The SMILES string of the molecule is COC(=O)c1ccc(NC(=O)c2nnn(Cc3ccc(Br)cc3)c2N)cc1. The molecule has 0 aliphatic carbocycles. The van der Waals surface area contributed by atoms with Gasteiger partial charge < -0.3 is 15.8 Å². The van der Waals surface area contributed by atoms with Crippen LogP contribution in [0.15, 0.2) is 53.0 Å². The Labute approximate surface area is 163 Å². The van der Waals surface area contributed by atoms with E-state index in [1.165, 1.54) is 11.8 Å². The van der Waals surface area contributed by atoms with Gasteiger partial charge in [-0.2, -0.15) is 0 Å². The maximum atomic E-state index is 12.4. The van der Waals surface area contributed by atoms with E-state index in [-0.39, 0.29) is 11.5 Å². The predicted molar refractivity (Wildman–Crippen MR) is 103 cm³/mol. The lowest BCUT2D eigenvalue weighted by Crippen LogP contribution is -2.15. The molecule has 27 heavy (non-hydrogen) atoms. The third-order valence-electron chi connectivity index (χ3n) is 3.80. The molecule has 1 aromatic heterocycles. The number of carbonyl (C=O) groups excluding carboxylic acids is 2. The molecular formula is C18H16BrN5O3. The van der Waals surface area contributed by atoms with Gasteiger partial charge in [-0.25, -0.2) is 9.48 Å². The van der Waals surface area contributed by atoms with Crippen LogP contribution in [0.3, 0.4) is 0 Å². The van der Waals surface area contributed by atoms with Crippen molar-refractivity contribution in [1.82, 2.24) is 15.0 Å². The molecule has 0 fully saturated rings. The zero-order valence-corrected chi connectivity index (χ0v) is 15.9. The number of ether oxygens (including phenoxy) is 1. The molecule has 0 saturated carbocycles. The highest BCUT2D eigenvalue weighted by Gasteiger charge is 2.18. The van der Waals surface area contributed by atoms with Crippen LogP contribution in [0.2, 0.25) is 0 Å². The smallest absolute Gasteiger partial charge is 0.337 e. The van der Waals surface area contributed by atoms with Crippen LogP contribution < -0.4 is 11.1 Å². The molecule has 9 heteroatoms. The number of methoxy groups -OCH3 is 1. The van der Waals surface area contributed by atoms with Crippen molar-refractivity contribution in [2.75, 3.05) is 18.2 Å². The van der Waals surface area contributed by atoms with E-state index in [0.717, 1.165) is 10.0 Å². The molecule has 8 nitrogen and oxygen atoms in total. The molecule has 0 atom stereocenters. The summed E-state index contributed by atoms with van der Waals surface area (Å²) in [6.07, 6.45) is 0. The molecule has 1 amide bonds. The van der Waals surface area contributed by atoms with Crippen molar-refractivity contribution >= 4 is 39.3 Å². The Hall–Kier alpha value is -3.20. The van der Waals surface area contributed by atoms with Crippen LogP contribution in [0.4, 0.5) is 11.5 Å². The molecule has 2 aromatic carbocycles.